The van der Waals surface area contributed by atoms with Crippen LogP contribution in [0, 0.1) is 11.6 Å². The maximum atomic E-state index is 13.6. The smallest absolute Gasteiger partial charge is 0.264 e. The molecule has 6 nitrogen and oxygen atoms in total. The van der Waals surface area contributed by atoms with Gasteiger partial charge >= 0.3 is 0 Å². The number of carbonyl (C=O) groups is 1. The third-order valence-corrected chi connectivity index (χ3v) is 4.77. The molecule has 0 aliphatic heterocycles. The van der Waals surface area contributed by atoms with E-state index >= 15 is 0 Å². The third-order valence-electron chi connectivity index (χ3n) is 4.25. The van der Waals surface area contributed by atoms with Gasteiger partial charge in [0.25, 0.3) is 5.91 Å². The summed E-state index contributed by atoms with van der Waals surface area (Å²) in [6, 6.07) is 15.6. The number of anilines is 1. The van der Waals surface area contributed by atoms with Crippen molar-refractivity contribution >= 4 is 51.6 Å². The Morgan fingerprint density at radius 1 is 1.09 bits per heavy atom. The van der Waals surface area contributed by atoms with Crippen molar-refractivity contribution in [3.05, 3.63) is 77.3 Å². The summed E-state index contributed by atoms with van der Waals surface area (Å²) >= 11 is 11.1. The number of fused-ring (bicyclic) bond motifs is 1. The Balaban J connectivity index is 1.42. The molecule has 32 heavy (non-hydrogen) atoms. The summed E-state index contributed by atoms with van der Waals surface area (Å²) in [5.41, 5.74) is 1.48. The molecule has 4 rings (SSSR count). The van der Waals surface area contributed by atoms with Gasteiger partial charge in [-0.15, -0.1) is 0 Å². The number of halogens is 3. The number of ether oxygens (including phenoxy) is 1. The molecular weight excluding hydrogens is 460 g/mol. The van der Waals surface area contributed by atoms with Gasteiger partial charge in [0, 0.05) is 5.69 Å². The number of carbonyl (C=O) groups excluding carboxylic acids is 1. The molecule has 0 fully saturated rings. The number of hydrogen-bond donors (Lipinski definition) is 2. The highest BCUT2D eigenvalue weighted by atomic mass is 35.5. The normalized spacial score (nSPS) is 10.7. The summed E-state index contributed by atoms with van der Waals surface area (Å²) < 4.78 is 37.9. The monoisotopic (exact) mass is 473 g/mol. The van der Waals surface area contributed by atoms with E-state index in [0.717, 1.165) is 12.1 Å². The summed E-state index contributed by atoms with van der Waals surface area (Å²) in [6.07, 6.45) is 0. The largest absolute Gasteiger partial charge is 0.484 e. The van der Waals surface area contributed by atoms with E-state index in [2.05, 4.69) is 15.6 Å². The van der Waals surface area contributed by atoms with Crippen LogP contribution in [0.3, 0.4) is 0 Å². The van der Waals surface area contributed by atoms with Crippen LogP contribution in [-0.4, -0.2) is 22.6 Å². The first kappa shape index (κ1) is 21.7. The van der Waals surface area contributed by atoms with Gasteiger partial charge in [-0.2, -0.15) is 0 Å². The molecule has 0 bridgehead atoms. The van der Waals surface area contributed by atoms with Crippen LogP contribution < -0.4 is 15.4 Å². The molecule has 0 saturated carbocycles. The van der Waals surface area contributed by atoms with Crippen molar-refractivity contribution in [1.29, 1.82) is 0 Å². The Morgan fingerprint density at radius 2 is 1.84 bits per heavy atom. The first-order valence-corrected chi connectivity index (χ1v) is 10.0. The van der Waals surface area contributed by atoms with Crippen molar-refractivity contribution in [3.63, 3.8) is 0 Å². The Morgan fingerprint density at radius 3 is 2.62 bits per heavy atom. The van der Waals surface area contributed by atoms with Gasteiger partial charge in [-0.1, -0.05) is 29.8 Å². The van der Waals surface area contributed by atoms with Crippen LogP contribution >= 0.6 is 23.8 Å². The highest BCUT2D eigenvalue weighted by molar-refractivity contribution is 7.80. The van der Waals surface area contributed by atoms with E-state index in [-0.39, 0.29) is 28.2 Å². The van der Waals surface area contributed by atoms with Gasteiger partial charge in [-0.25, -0.2) is 13.8 Å². The van der Waals surface area contributed by atoms with Gasteiger partial charge in [0.2, 0.25) is 5.89 Å². The van der Waals surface area contributed by atoms with E-state index < -0.39 is 17.5 Å². The zero-order chi connectivity index (χ0) is 22.7. The van der Waals surface area contributed by atoms with Crippen molar-refractivity contribution in [3.8, 4) is 17.2 Å². The fourth-order valence-electron chi connectivity index (χ4n) is 2.80. The predicted molar refractivity (Wildman–Crippen MR) is 121 cm³/mol. The summed E-state index contributed by atoms with van der Waals surface area (Å²) in [4.78, 5) is 16.3. The molecule has 1 amide bonds. The highest BCUT2D eigenvalue weighted by Gasteiger charge is 2.16. The number of oxazole rings is 1. The van der Waals surface area contributed by atoms with Crippen molar-refractivity contribution in [2.45, 2.75) is 0 Å². The SMILES string of the molecule is O=C(COc1ccccc1)NC(=S)Nc1ccc2oc(-c3cc(F)c(F)cc3Cl)nc2c1. The second-order valence-corrected chi connectivity index (χ2v) is 7.37. The summed E-state index contributed by atoms with van der Waals surface area (Å²) in [5.74, 6) is -1.95. The number of nitrogens with one attached hydrogen (secondary N) is 2. The van der Waals surface area contributed by atoms with Gasteiger partial charge in [0.05, 0.1) is 10.6 Å². The van der Waals surface area contributed by atoms with E-state index in [4.69, 9.17) is 33.0 Å². The lowest BCUT2D eigenvalue weighted by Gasteiger charge is -2.10. The first-order chi connectivity index (χ1) is 15.4. The quantitative estimate of drug-likeness (QED) is 0.302. The molecule has 1 aromatic heterocycles. The zero-order valence-corrected chi connectivity index (χ0v) is 17.8. The topological polar surface area (TPSA) is 76.4 Å². The fraction of sp³-hybridized carbons (Fsp3) is 0.0455. The minimum absolute atomic E-state index is 0.0320. The third kappa shape index (κ3) is 5.01. The number of aromatic nitrogens is 1. The first-order valence-electron chi connectivity index (χ1n) is 9.23. The van der Waals surface area contributed by atoms with E-state index in [9.17, 15) is 13.6 Å². The van der Waals surface area contributed by atoms with Crippen LogP contribution in [0.25, 0.3) is 22.6 Å². The molecule has 0 radical (unpaired) electrons. The Bertz CT molecular complexity index is 1310. The van der Waals surface area contributed by atoms with Gasteiger partial charge in [0.15, 0.2) is 28.9 Å². The van der Waals surface area contributed by atoms with Gasteiger partial charge < -0.3 is 14.5 Å². The molecule has 0 spiro atoms. The molecule has 1 heterocycles. The van der Waals surface area contributed by atoms with E-state index in [1.165, 1.54) is 0 Å². The van der Waals surface area contributed by atoms with E-state index in [1.807, 2.05) is 6.07 Å². The molecular formula is C22H14ClF2N3O3S. The van der Waals surface area contributed by atoms with Gasteiger partial charge in [-0.05, 0) is 54.7 Å². The molecule has 2 N–H and O–H groups in total. The molecule has 0 aliphatic carbocycles. The minimum atomic E-state index is -1.06. The molecule has 0 aliphatic rings. The van der Waals surface area contributed by atoms with Crippen molar-refractivity contribution in [2.24, 2.45) is 0 Å². The Labute approximate surface area is 191 Å². The number of amides is 1. The molecule has 4 aromatic rings. The molecule has 162 valence electrons. The highest BCUT2D eigenvalue weighted by Crippen LogP contribution is 2.32. The molecule has 3 aromatic carbocycles. The van der Waals surface area contributed by atoms with Gasteiger partial charge in [-0.3, -0.25) is 10.1 Å². The van der Waals surface area contributed by atoms with Crippen LogP contribution in [0.5, 0.6) is 5.75 Å². The van der Waals surface area contributed by atoms with Crippen LogP contribution in [0.15, 0.2) is 65.1 Å². The van der Waals surface area contributed by atoms with Crippen LogP contribution in [0.4, 0.5) is 14.5 Å². The lowest BCUT2D eigenvalue weighted by Crippen LogP contribution is -2.37. The van der Waals surface area contributed by atoms with Gasteiger partial charge in [0.1, 0.15) is 11.3 Å². The summed E-state index contributed by atoms with van der Waals surface area (Å²) in [5, 5.41) is 5.42. The van der Waals surface area contributed by atoms with Crippen molar-refractivity contribution in [1.82, 2.24) is 10.3 Å². The number of para-hydroxylation sites is 1. The van der Waals surface area contributed by atoms with E-state index in [1.54, 1.807) is 42.5 Å². The minimum Gasteiger partial charge on any atom is -0.484 e. The maximum absolute atomic E-state index is 13.6. The Hall–Kier alpha value is -3.56. The van der Waals surface area contributed by atoms with Crippen LogP contribution in [0.2, 0.25) is 5.02 Å². The fourth-order valence-corrected chi connectivity index (χ4v) is 3.26. The summed E-state index contributed by atoms with van der Waals surface area (Å²) in [7, 11) is 0. The number of hydrogen-bond acceptors (Lipinski definition) is 5. The molecule has 0 saturated heterocycles. The number of nitrogens with zero attached hydrogens (tertiary/aromatic N) is 1. The number of benzene rings is 3. The van der Waals surface area contributed by atoms with Crippen LogP contribution in [-0.2, 0) is 4.79 Å². The average molecular weight is 474 g/mol. The molecule has 10 heteroatoms. The van der Waals surface area contributed by atoms with Crippen molar-refractivity contribution < 1.29 is 22.7 Å². The average Bonchev–Trinajstić information content (AvgIpc) is 3.18. The predicted octanol–water partition coefficient (Wildman–Crippen LogP) is 5.32. The zero-order valence-electron chi connectivity index (χ0n) is 16.2. The standard InChI is InChI=1S/C22H14ClF2N3O3S/c23-15-10-17(25)16(24)9-14(15)21-27-18-8-12(6-7-19(18)31-21)26-22(32)28-20(29)11-30-13-4-2-1-3-5-13/h1-10H,11H2,(H2,26,28,29,32). The van der Waals surface area contributed by atoms with Crippen LogP contribution in [0.1, 0.15) is 0 Å². The Kier molecular flexibility index (Phi) is 6.29. The lowest BCUT2D eigenvalue weighted by atomic mass is 10.2. The number of rotatable bonds is 5. The second-order valence-electron chi connectivity index (χ2n) is 6.55. The molecule has 0 atom stereocenters. The molecule has 0 unspecified atom stereocenters. The number of thiocarbonyl (C=S) groups is 1. The summed E-state index contributed by atoms with van der Waals surface area (Å²) in [6.45, 7) is -0.202. The van der Waals surface area contributed by atoms with E-state index in [0.29, 0.717) is 22.5 Å². The lowest BCUT2D eigenvalue weighted by molar-refractivity contribution is -0.121. The maximum Gasteiger partial charge on any atom is 0.264 e. The second kappa shape index (κ2) is 9.29. The van der Waals surface area contributed by atoms with Crippen molar-refractivity contribution in [2.75, 3.05) is 11.9 Å².